The number of aromatic amines is 1. The third kappa shape index (κ3) is 1.08. The van der Waals surface area contributed by atoms with Gasteiger partial charge in [-0.1, -0.05) is 6.07 Å². The molecule has 64 valence electrons. The van der Waals surface area contributed by atoms with Crippen molar-refractivity contribution in [2.45, 2.75) is 6.54 Å². The van der Waals surface area contributed by atoms with Gasteiger partial charge in [-0.2, -0.15) is 5.26 Å². The maximum atomic E-state index is 8.87. The normalized spacial score (nSPS) is 10.2. The number of nitrogens with two attached hydrogens (primary N) is 1. The molecule has 0 unspecified atom stereocenters. The molecule has 1 aromatic carbocycles. The fourth-order valence-corrected chi connectivity index (χ4v) is 1.51. The third-order valence-electron chi connectivity index (χ3n) is 2.13. The number of hydrogen-bond donors (Lipinski definition) is 2. The van der Waals surface area contributed by atoms with Crippen LogP contribution in [0.25, 0.3) is 10.9 Å². The molecule has 0 radical (unpaired) electrons. The molecule has 1 aromatic heterocycles. The summed E-state index contributed by atoms with van der Waals surface area (Å²) in [6.45, 7) is 0.457. The lowest BCUT2D eigenvalue weighted by Gasteiger charge is -1.95. The summed E-state index contributed by atoms with van der Waals surface area (Å²) >= 11 is 0. The summed E-state index contributed by atoms with van der Waals surface area (Å²) in [7, 11) is 0. The summed E-state index contributed by atoms with van der Waals surface area (Å²) in [5, 5.41) is 9.82. The third-order valence-corrected chi connectivity index (χ3v) is 2.13. The lowest BCUT2D eigenvalue weighted by Crippen LogP contribution is -1.95. The molecule has 2 rings (SSSR count). The van der Waals surface area contributed by atoms with Gasteiger partial charge in [-0.25, -0.2) is 0 Å². The highest BCUT2D eigenvalue weighted by Crippen LogP contribution is 2.21. The van der Waals surface area contributed by atoms with Crippen molar-refractivity contribution >= 4 is 10.9 Å². The second kappa shape index (κ2) is 2.92. The van der Waals surface area contributed by atoms with E-state index in [-0.39, 0.29) is 0 Å². The van der Waals surface area contributed by atoms with Crippen LogP contribution >= 0.6 is 0 Å². The Hall–Kier alpha value is -1.79. The van der Waals surface area contributed by atoms with Crippen molar-refractivity contribution in [2.75, 3.05) is 0 Å². The fraction of sp³-hybridized carbons (Fsp3) is 0.100. The highest BCUT2D eigenvalue weighted by Gasteiger charge is 2.05. The van der Waals surface area contributed by atoms with Gasteiger partial charge >= 0.3 is 0 Å². The lowest BCUT2D eigenvalue weighted by atomic mass is 10.1. The molecule has 0 aliphatic heterocycles. The number of fused-ring (bicyclic) bond motifs is 1. The first-order valence-corrected chi connectivity index (χ1v) is 4.06. The van der Waals surface area contributed by atoms with Gasteiger partial charge in [-0.15, -0.1) is 0 Å². The molecule has 13 heavy (non-hydrogen) atoms. The van der Waals surface area contributed by atoms with Gasteiger partial charge in [0.2, 0.25) is 0 Å². The van der Waals surface area contributed by atoms with E-state index in [9.17, 15) is 0 Å². The van der Waals surface area contributed by atoms with Crippen LogP contribution in [0.2, 0.25) is 0 Å². The smallest absolute Gasteiger partial charge is 0.0998 e. The molecule has 0 spiro atoms. The summed E-state index contributed by atoms with van der Waals surface area (Å²) in [4.78, 5) is 3.08. The van der Waals surface area contributed by atoms with E-state index in [2.05, 4.69) is 11.1 Å². The van der Waals surface area contributed by atoms with Gasteiger partial charge < -0.3 is 10.7 Å². The van der Waals surface area contributed by atoms with Crippen molar-refractivity contribution in [3.8, 4) is 6.07 Å². The van der Waals surface area contributed by atoms with Gasteiger partial charge in [0.15, 0.2) is 0 Å². The molecule has 0 saturated heterocycles. The van der Waals surface area contributed by atoms with Crippen LogP contribution in [0.1, 0.15) is 11.1 Å². The minimum atomic E-state index is 0.457. The van der Waals surface area contributed by atoms with E-state index < -0.39 is 0 Å². The molecule has 0 amide bonds. The molecule has 0 saturated carbocycles. The monoisotopic (exact) mass is 171 g/mol. The van der Waals surface area contributed by atoms with Gasteiger partial charge in [0, 0.05) is 23.6 Å². The number of benzene rings is 1. The Kier molecular flexibility index (Phi) is 1.76. The predicted molar refractivity (Wildman–Crippen MR) is 50.9 cm³/mol. The van der Waals surface area contributed by atoms with Gasteiger partial charge in [0.1, 0.15) is 0 Å². The van der Waals surface area contributed by atoms with E-state index in [0.717, 1.165) is 16.5 Å². The van der Waals surface area contributed by atoms with Gasteiger partial charge in [-0.05, 0) is 17.7 Å². The number of aromatic nitrogens is 1. The van der Waals surface area contributed by atoms with Crippen molar-refractivity contribution in [1.82, 2.24) is 4.98 Å². The van der Waals surface area contributed by atoms with E-state index >= 15 is 0 Å². The molecule has 0 fully saturated rings. The van der Waals surface area contributed by atoms with Gasteiger partial charge in [0.05, 0.1) is 11.6 Å². The maximum absolute atomic E-state index is 8.87. The average Bonchev–Trinajstić information content (AvgIpc) is 2.60. The Bertz CT molecular complexity index is 476. The van der Waals surface area contributed by atoms with E-state index in [1.54, 1.807) is 6.07 Å². The molecule has 3 heteroatoms. The van der Waals surface area contributed by atoms with E-state index in [1.165, 1.54) is 0 Å². The van der Waals surface area contributed by atoms with Crippen LogP contribution in [-0.2, 0) is 6.54 Å². The number of nitriles is 1. The van der Waals surface area contributed by atoms with Crippen molar-refractivity contribution in [3.63, 3.8) is 0 Å². The highest BCUT2D eigenvalue weighted by molar-refractivity contribution is 5.88. The largest absolute Gasteiger partial charge is 0.361 e. The van der Waals surface area contributed by atoms with Crippen LogP contribution in [0.5, 0.6) is 0 Å². The summed E-state index contributed by atoms with van der Waals surface area (Å²) in [5.41, 5.74) is 8.20. The average molecular weight is 171 g/mol. The zero-order valence-corrected chi connectivity index (χ0v) is 7.04. The molecular weight excluding hydrogens is 162 g/mol. The summed E-state index contributed by atoms with van der Waals surface area (Å²) in [6, 6.07) is 7.75. The molecule has 3 N–H and O–H groups in total. The molecule has 0 aliphatic carbocycles. The zero-order chi connectivity index (χ0) is 9.26. The molecule has 3 nitrogen and oxygen atoms in total. The summed E-state index contributed by atoms with van der Waals surface area (Å²) in [6.07, 6.45) is 1.85. The van der Waals surface area contributed by atoms with E-state index in [4.69, 9.17) is 11.0 Å². The number of nitrogens with one attached hydrogen (secondary N) is 1. The molecule has 0 aliphatic rings. The Morgan fingerprint density at radius 1 is 1.46 bits per heavy atom. The maximum Gasteiger partial charge on any atom is 0.0998 e. The van der Waals surface area contributed by atoms with Crippen LogP contribution in [0.15, 0.2) is 24.4 Å². The molecule has 0 atom stereocenters. The lowest BCUT2D eigenvalue weighted by molar-refractivity contribution is 1.08. The van der Waals surface area contributed by atoms with Crippen LogP contribution in [0, 0.1) is 11.3 Å². The number of rotatable bonds is 1. The first-order chi connectivity index (χ1) is 6.36. The Morgan fingerprint density at radius 2 is 2.31 bits per heavy atom. The van der Waals surface area contributed by atoms with Gasteiger partial charge in [-0.3, -0.25) is 0 Å². The number of H-pyrrole nitrogens is 1. The van der Waals surface area contributed by atoms with Crippen LogP contribution in [0.3, 0.4) is 0 Å². The quantitative estimate of drug-likeness (QED) is 0.682. The Morgan fingerprint density at radius 3 is 3.00 bits per heavy atom. The molecular formula is C10H9N3. The number of hydrogen-bond acceptors (Lipinski definition) is 2. The standard InChI is InChI=1S/C10H9N3/c11-4-7-2-1-3-9-10(7)8(5-12)6-13-9/h1-3,6,13H,5,12H2. The second-order valence-electron chi connectivity index (χ2n) is 2.86. The SMILES string of the molecule is N#Cc1cccc2[nH]cc(CN)c12. The first-order valence-electron chi connectivity index (χ1n) is 4.06. The highest BCUT2D eigenvalue weighted by atomic mass is 14.7. The van der Waals surface area contributed by atoms with Crippen LogP contribution in [0.4, 0.5) is 0 Å². The van der Waals surface area contributed by atoms with Crippen LogP contribution < -0.4 is 5.73 Å². The van der Waals surface area contributed by atoms with Crippen molar-refractivity contribution in [1.29, 1.82) is 5.26 Å². The molecule has 0 bridgehead atoms. The fourth-order valence-electron chi connectivity index (χ4n) is 1.51. The minimum Gasteiger partial charge on any atom is -0.361 e. The summed E-state index contributed by atoms with van der Waals surface area (Å²) < 4.78 is 0. The minimum absolute atomic E-state index is 0.457. The van der Waals surface area contributed by atoms with Crippen molar-refractivity contribution in [3.05, 3.63) is 35.5 Å². The second-order valence-corrected chi connectivity index (χ2v) is 2.86. The van der Waals surface area contributed by atoms with Crippen molar-refractivity contribution < 1.29 is 0 Å². The Labute approximate surface area is 75.8 Å². The Balaban J connectivity index is 2.85. The van der Waals surface area contributed by atoms with Crippen LogP contribution in [-0.4, -0.2) is 4.98 Å². The van der Waals surface area contributed by atoms with E-state index in [1.807, 2.05) is 18.3 Å². The zero-order valence-electron chi connectivity index (χ0n) is 7.04. The number of nitrogens with zero attached hydrogens (tertiary/aromatic N) is 1. The molecule has 1 heterocycles. The topological polar surface area (TPSA) is 65.6 Å². The van der Waals surface area contributed by atoms with Gasteiger partial charge in [0.25, 0.3) is 0 Å². The van der Waals surface area contributed by atoms with Crippen molar-refractivity contribution in [2.24, 2.45) is 5.73 Å². The summed E-state index contributed by atoms with van der Waals surface area (Å²) in [5.74, 6) is 0. The molecule has 2 aromatic rings. The predicted octanol–water partition coefficient (Wildman–Crippen LogP) is 1.50. The van der Waals surface area contributed by atoms with E-state index in [0.29, 0.717) is 12.1 Å². The first kappa shape index (κ1) is 7.84.